The van der Waals surface area contributed by atoms with Gasteiger partial charge in [0.15, 0.2) is 0 Å². The first-order valence-electron chi connectivity index (χ1n) is 9.29. The SMILES string of the molecule is CCCCC/C(N)=C(\CN1CC=CC=C1c1ccccc1C#N)C(=O)OC. The first-order chi connectivity index (χ1) is 13.1. The molecule has 1 aliphatic rings. The zero-order valence-electron chi connectivity index (χ0n) is 16.1. The van der Waals surface area contributed by atoms with Crippen molar-refractivity contribution >= 4 is 11.7 Å². The Morgan fingerprint density at radius 3 is 2.81 bits per heavy atom. The van der Waals surface area contributed by atoms with E-state index in [2.05, 4.69) is 17.9 Å². The largest absolute Gasteiger partial charge is 0.466 e. The van der Waals surface area contributed by atoms with Crippen LogP contribution in [0.5, 0.6) is 0 Å². The number of unbranched alkanes of at least 4 members (excludes halogenated alkanes) is 2. The van der Waals surface area contributed by atoms with Crippen molar-refractivity contribution in [2.24, 2.45) is 5.73 Å². The monoisotopic (exact) mass is 365 g/mol. The summed E-state index contributed by atoms with van der Waals surface area (Å²) in [5, 5.41) is 9.44. The lowest BCUT2D eigenvalue weighted by molar-refractivity contribution is -0.136. The summed E-state index contributed by atoms with van der Waals surface area (Å²) in [5.41, 5.74) is 9.67. The van der Waals surface area contributed by atoms with Gasteiger partial charge in [0.2, 0.25) is 0 Å². The summed E-state index contributed by atoms with van der Waals surface area (Å²) in [7, 11) is 1.37. The zero-order valence-corrected chi connectivity index (χ0v) is 16.1. The normalized spacial score (nSPS) is 14.3. The topological polar surface area (TPSA) is 79.4 Å². The second-order valence-electron chi connectivity index (χ2n) is 6.47. The van der Waals surface area contributed by atoms with Crippen LogP contribution in [0.2, 0.25) is 0 Å². The Labute approximate surface area is 161 Å². The third-order valence-corrected chi connectivity index (χ3v) is 4.60. The van der Waals surface area contributed by atoms with Gasteiger partial charge < -0.3 is 15.4 Å². The molecule has 0 amide bonds. The summed E-state index contributed by atoms with van der Waals surface area (Å²) in [6.45, 7) is 3.11. The van der Waals surface area contributed by atoms with E-state index in [1.54, 1.807) is 6.07 Å². The van der Waals surface area contributed by atoms with Gasteiger partial charge >= 0.3 is 5.97 Å². The molecule has 0 atom stereocenters. The minimum atomic E-state index is -0.397. The molecule has 1 heterocycles. The minimum absolute atomic E-state index is 0.348. The van der Waals surface area contributed by atoms with Crippen LogP contribution in [0.4, 0.5) is 0 Å². The third-order valence-electron chi connectivity index (χ3n) is 4.60. The highest BCUT2D eigenvalue weighted by Gasteiger charge is 2.22. The highest BCUT2D eigenvalue weighted by molar-refractivity contribution is 5.90. The zero-order chi connectivity index (χ0) is 19.6. The van der Waals surface area contributed by atoms with Gasteiger partial charge in [-0.2, -0.15) is 5.26 Å². The highest BCUT2D eigenvalue weighted by Crippen LogP contribution is 2.26. The summed E-state index contributed by atoms with van der Waals surface area (Å²) >= 11 is 0. The van der Waals surface area contributed by atoms with Crippen LogP contribution in [0, 0.1) is 11.3 Å². The molecule has 2 rings (SSSR count). The number of hydrogen-bond donors (Lipinski definition) is 1. The first-order valence-corrected chi connectivity index (χ1v) is 9.29. The maximum Gasteiger partial charge on any atom is 0.337 e. The number of hydrogen-bond acceptors (Lipinski definition) is 5. The lowest BCUT2D eigenvalue weighted by Gasteiger charge is -2.30. The molecule has 1 aliphatic heterocycles. The number of esters is 1. The fourth-order valence-electron chi connectivity index (χ4n) is 3.09. The van der Waals surface area contributed by atoms with Crippen LogP contribution in [-0.4, -0.2) is 31.1 Å². The number of benzene rings is 1. The van der Waals surface area contributed by atoms with Crippen molar-refractivity contribution in [1.29, 1.82) is 5.26 Å². The molecule has 0 unspecified atom stereocenters. The van der Waals surface area contributed by atoms with Crippen LogP contribution in [0.15, 0.2) is 53.8 Å². The van der Waals surface area contributed by atoms with E-state index in [0.717, 1.165) is 30.5 Å². The van der Waals surface area contributed by atoms with Gasteiger partial charge in [-0.3, -0.25) is 0 Å². The molecule has 1 aromatic carbocycles. The Balaban J connectivity index is 2.32. The van der Waals surface area contributed by atoms with Crippen LogP contribution < -0.4 is 5.73 Å². The van der Waals surface area contributed by atoms with Gasteiger partial charge in [0.1, 0.15) is 0 Å². The number of nitrogens with two attached hydrogens (primary N) is 1. The van der Waals surface area contributed by atoms with Crippen LogP contribution in [0.1, 0.15) is 43.7 Å². The number of nitrogens with zero attached hydrogens (tertiary/aromatic N) is 2. The maximum atomic E-state index is 12.3. The molecule has 0 spiro atoms. The first kappa shape index (κ1) is 20.3. The molecule has 0 fully saturated rings. The van der Waals surface area contributed by atoms with Crippen LogP contribution in [0.3, 0.4) is 0 Å². The molecule has 2 N–H and O–H groups in total. The molecular formula is C22H27N3O2. The average Bonchev–Trinajstić information content (AvgIpc) is 2.71. The van der Waals surface area contributed by atoms with E-state index in [-0.39, 0.29) is 0 Å². The molecule has 142 valence electrons. The van der Waals surface area contributed by atoms with E-state index >= 15 is 0 Å². The van der Waals surface area contributed by atoms with Gasteiger partial charge in [-0.05, 0) is 25.0 Å². The van der Waals surface area contributed by atoms with Crippen molar-refractivity contribution < 1.29 is 9.53 Å². The molecule has 5 heteroatoms. The van der Waals surface area contributed by atoms with Crippen molar-refractivity contribution in [2.45, 2.75) is 32.6 Å². The summed E-state index contributed by atoms with van der Waals surface area (Å²) in [6.07, 6.45) is 9.73. The number of carbonyl (C=O) groups excluding carboxylic acids is 1. The number of rotatable bonds is 8. The third kappa shape index (κ3) is 5.24. The van der Waals surface area contributed by atoms with Crippen LogP contribution in [-0.2, 0) is 9.53 Å². The fourth-order valence-corrected chi connectivity index (χ4v) is 3.09. The number of nitriles is 1. The highest BCUT2D eigenvalue weighted by atomic mass is 16.5. The second-order valence-corrected chi connectivity index (χ2v) is 6.47. The smallest absolute Gasteiger partial charge is 0.337 e. The Hall–Kier alpha value is -3.00. The number of allylic oxidation sites excluding steroid dienone is 3. The molecule has 1 aromatic rings. The Kier molecular flexibility index (Phi) is 7.69. The second kappa shape index (κ2) is 10.2. The molecule has 0 bridgehead atoms. The summed E-state index contributed by atoms with van der Waals surface area (Å²) in [4.78, 5) is 14.4. The average molecular weight is 365 g/mol. The van der Waals surface area contributed by atoms with Crippen molar-refractivity contribution in [3.05, 3.63) is 64.9 Å². The predicted octanol–water partition coefficient (Wildman–Crippen LogP) is 3.74. The van der Waals surface area contributed by atoms with Crippen molar-refractivity contribution in [3.63, 3.8) is 0 Å². The fraction of sp³-hybridized carbons (Fsp3) is 0.364. The lowest BCUT2D eigenvalue weighted by Crippen LogP contribution is -2.31. The van der Waals surface area contributed by atoms with E-state index in [0.29, 0.717) is 36.3 Å². The summed E-state index contributed by atoms with van der Waals surface area (Å²) in [5.74, 6) is -0.397. The molecule has 0 aliphatic carbocycles. The van der Waals surface area contributed by atoms with Gasteiger partial charge in [0.05, 0.1) is 30.9 Å². The van der Waals surface area contributed by atoms with Crippen LogP contribution in [0.25, 0.3) is 5.70 Å². The van der Waals surface area contributed by atoms with Gasteiger partial charge in [-0.1, -0.05) is 50.1 Å². The number of methoxy groups -OCH3 is 1. The van der Waals surface area contributed by atoms with Crippen molar-refractivity contribution in [1.82, 2.24) is 4.90 Å². The summed E-state index contributed by atoms with van der Waals surface area (Å²) < 4.78 is 4.97. The van der Waals surface area contributed by atoms with Gasteiger partial charge in [-0.15, -0.1) is 0 Å². The Morgan fingerprint density at radius 2 is 2.11 bits per heavy atom. The number of ether oxygens (including phenoxy) is 1. The molecular weight excluding hydrogens is 338 g/mol. The Morgan fingerprint density at radius 1 is 1.33 bits per heavy atom. The van der Waals surface area contributed by atoms with E-state index in [1.165, 1.54) is 7.11 Å². The quantitative estimate of drug-likeness (QED) is 0.431. The Bertz CT molecular complexity index is 800. The number of carbonyl (C=O) groups is 1. The maximum absolute atomic E-state index is 12.3. The van der Waals surface area contributed by atoms with Crippen LogP contribution >= 0.6 is 0 Å². The lowest BCUT2D eigenvalue weighted by atomic mass is 10.0. The summed E-state index contributed by atoms with van der Waals surface area (Å²) in [6, 6.07) is 9.70. The molecule has 0 saturated heterocycles. The van der Waals surface area contributed by atoms with E-state index in [1.807, 2.05) is 36.4 Å². The van der Waals surface area contributed by atoms with Gasteiger partial charge in [0.25, 0.3) is 0 Å². The molecule has 5 nitrogen and oxygen atoms in total. The van der Waals surface area contributed by atoms with Gasteiger partial charge in [-0.25, -0.2) is 4.79 Å². The van der Waals surface area contributed by atoms with Crippen molar-refractivity contribution in [2.75, 3.05) is 20.2 Å². The standard InChI is InChI=1S/C22H27N3O2/c1-3-4-5-12-20(24)19(22(26)27-2)16-25-14-9-8-13-21(25)18-11-7-6-10-17(18)15-23/h6-11,13H,3-5,12,14,16,24H2,1-2H3/b20-19-. The van der Waals surface area contributed by atoms with E-state index in [9.17, 15) is 10.1 Å². The molecule has 27 heavy (non-hydrogen) atoms. The minimum Gasteiger partial charge on any atom is -0.466 e. The van der Waals surface area contributed by atoms with E-state index < -0.39 is 5.97 Å². The molecule has 0 saturated carbocycles. The predicted molar refractivity (Wildman–Crippen MR) is 107 cm³/mol. The van der Waals surface area contributed by atoms with E-state index in [4.69, 9.17) is 10.5 Å². The molecule has 0 aromatic heterocycles. The molecule has 0 radical (unpaired) electrons. The van der Waals surface area contributed by atoms with Gasteiger partial charge in [0, 0.05) is 23.5 Å². The van der Waals surface area contributed by atoms with Crippen molar-refractivity contribution in [3.8, 4) is 6.07 Å².